The number of rotatable bonds is 5. The van der Waals surface area contributed by atoms with Gasteiger partial charge in [0.05, 0.1) is 20.3 Å². The molecule has 0 amide bonds. The SMILES string of the molecule is COc1nscc1C(C)NCc1cccc2c1OCCCO2. The highest BCUT2D eigenvalue weighted by Gasteiger charge is 2.17. The summed E-state index contributed by atoms with van der Waals surface area (Å²) in [7, 11) is 1.65. The molecule has 2 heterocycles. The summed E-state index contributed by atoms with van der Waals surface area (Å²) in [5.41, 5.74) is 2.18. The lowest BCUT2D eigenvalue weighted by molar-refractivity contribution is 0.295. The monoisotopic (exact) mass is 320 g/mol. The molecule has 1 unspecified atom stereocenters. The van der Waals surface area contributed by atoms with E-state index in [1.54, 1.807) is 7.11 Å². The Morgan fingerprint density at radius 2 is 2.23 bits per heavy atom. The van der Waals surface area contributed by atoms with Gasteiger partial charge in [0, 0.05) is 35.5 Å². The molecule has 6 heteroatoms. The maximum atomic E-state index is 5.85. The van der Waals surface area contributed by atoms with Crippen molar-refractivity contribution in [3.63, 3.8) is 0 Å². The van der Waals surface area contributed by atoms with Crippen LogP contribution in [0.25, 0.3) is 0 Å². The molecule has 3 rings (SSSR count). The van der Waals surface area contributed by atoms with E-state index in [0.29, 0.717) is 25.6 Å². The van der Waals surface area contributed by atoms with Crippen molar-refractivity contribution in [1.29, 1.82) is 0 Å². The maximum absolute atomic E-state index is 5.85. The lowest BCUT2D eigenvalue weighted by atomic mass is 10.1. The third-order valence-corrected chi connectivity index (χ3v) is 4.30. The van der Waals surface area contributed by atoms with Crippen LogP contribution in [0, 0.1) is 0 Å². The topological polar surface area (TPSA) is 52.6 Å². The molecule has 1 atom stereocenters. The minimum atomic E-state index is 0.149. The highest BCUT2D eigenvalue weighted by atomic mass is 32.1. The fourth-order valence-electron chi connectivity index (χ4n) is 2.44. The number of nitrogens with zero attached hydrogens (tertiary/aromatic N) is 1. The van der Waals surface area contributed by atoms with Crippen LogP contribution >= 0.6 is 11.5 Å². The molecule has 0 fully saturated rings. The number of nitrogens with one attached hydrogen (secondary N) is 1. The Morgan fingerprint density at radius 1 is 1.36 bits per heavy atom. The van der Waals surface area contributed by atoms with Crippen LogP contribution in [0.3, 0.4) is 0 Å². The number of para-hydroxylation sites is 1. The van der Waals surface area contributed by atoms with Gasteiger partial charge in [0.25, 0.3) is 0 Å². The Morgan fingerprint density at radius 3 is 3.09 bits per heavy atom. The zero-order valence-electron chi connectivity index (χ0n) is 12.8. The molecule has 0 aliphatic carbocycles. The highest BCUT2D eigenvalue weighted by Crippen LogP contribution is 2.34. The van der Waals surface area contributed by atoms with Gasteiger partial charge in [0.1, 0.15) is 0 Å². The van der Waals surface area contributed by atoms with Gasteiger partial charge in [-0.2, -0.15) is 4.37 Å². The van der Waals surface area contributed by atoms with Crippen molar-refractivity contribution in [2.24, 2.45) is 0 Å². The van der Waals surface area contributed by atoms with Gasteiger partial charge in [0.15, 0.2) is 11.5 Å². The lowest BCUT2D eigenvalue weighted by Gasteiger charge is -2.16. The van der Waals surface area contributed by atoms with Crippen molar-refractivity contribution in [3.05, 3.63) is 34.7 Å². The number of ether oxygens (including phenoxy) is 3. The van der Waals surface area contributed by atoms with Crippen LogP contribution in [0.1, 0.15) is 30.5 Å². The van der Waals surface area contributed by atoms with Gasteiger partial charge in [-0.15, -0.1) is 0 Å². The molecule has 0 radical (unpaired) electrons. The van der Waals surface area contributed by atoms with Crippen LogP contribution in [0.5, 0.6) is 17.4 Å². The van der Waals surface area contributed by atoms with Crippen LogP contribution in [-0.4, -0.2) is 24.7 Å². The van der Waals surface area contributed by atoms with Crippen LogP contribution in [0.2, 0.25) is 0 Å². The third-order valence-electron chi connectivity index (χ3n) is 3.67. The number of fused-ring (bicyclic) bond motifs is 1. The van der Waals surface area contributed by atoms with Gasteiger partial charge in [-0.25, -0.2) is 0 Å². The number of hydrogen-bond acceptors (Lipinski definition) is 6. The fraction of sp³-hybridized carbons (Fsp3) is 0.438. The normalized spacial score (nSPS) is 15.2. The molecular formula is C16H20N2O3S. The van der Waals surface area contributed by atoms with E-state index in [9.17, 15) is 0 Å². The molecule has 1 aliphatic heterocycles. The predicted octanol–water partition coefficient (Wildman–Crippen LogP) is 3.16. The lowest BCUT2D eigenvalue weighted by Crippen LogP contribution is -2.18. The maximum Gasteiger partial charge on any atom is 0.229 e. The first kappa shape index (κ1) is 15.1. The second kappa shape index (κ2) is 6.98. The van der Waals surface area contributed by atoms with E-state index >= 15 is 0 Å². The average molecular weight is 320 g/mol. The van der Waals surface area contributed by atoms with E-state index in [0.717, 1.165) is 29.0 Å². The molecule has 2 aromatic rings. The Hall–Kier alpha value is -1.79. The van der Waals surface area contributed by atoms with E-state index in [1.807, 2.05) is 17.5 Å². The first-order chi connectivity index (χ1) is 10.8. The molecule has 0 spiro atoms. The average Bonchev–Trinajstić information content (AvgIpc) is 2.89. The van der Waals surface area contributed by atoms with Crippen LogP contribution in [0.15, 0.2) is 23.6 Å². The Bertz CT molecular complexity index is 630. The first-order valence-electron chi connectivity index (χ1n) is 7.38. The van der Waals surface area contributed by atoms with E-state index in [2.05, 4.69) is 22.7 Å². The van der Waals surface area contributed by atoms with Gasteiger partial charge < -0.3 is 19.5 Å². The van der Waals surface area contributed by atoms with Crippen molar-refractivity contribution in [2.45, 2.75) is 25.9 Å². The van der Waals surface area contributed by atoms with Crippen molar-refractivity contribution in [3.8, 4) is 17.4 Å². The number of aromatic nitrogens is 1. The summed E-state index contributed by atoms with van der Waals surface area (Å²) in [6, 6.07) is 6.17. The van der Waals surface area contributed by atoms with Crippen LogP contribution in [-0.2, 0) is 6.54 Å². The van der Waals surface area contributed by atoms with E-state index in [-0.39, 0.29) is 6.04 Å². The molecule has 1 N–H and O–H groups in total. The summed E-state index contributed by atoms with van der Waals surface area (Å²) < 4.78 is 21.1. The largest absolute Gasteiger partial charge is 0.490 e. The smallest absolute Gasteiger partial charge is 0.229 e. The Labute approximate surface area is 134 Å². The molecule has 0 saturated carbocycles. The van der Waals surface area contributed by atoms with Crippen molar-refractivity contribution < 1.29 is 14.2 Å². The van der Waals surface area contributed by atoms with Crippen molar-refractivity contribution in [1.82, 2.24) is 9.69 Å². The minimum absolute atomic E-state index is 0.149. The van der Waals surface area contributed by atoms with E-state index < -0.39 is 0 Å². The van der Waals surface area contributed by atoms with Crippen molar-refractivity contribution in [2.75, 3.05) is 20.3 Å². The summed E-state index contributed by atoms with van der Waals surface area (Å²) in [5.74, 6) is 2.38. The minimum Gasteiger partial charge on any atom is -0.490 e. The number of benzene rings is 1. The molecule has 22 heavy (non-hydrogen) atoms. The standard InChI is InChI=1S/C16H20N2O3S/c1-11(13-10-22-18-16(13)19-2)17-9-12-5-3-6-14-15(12)21-8-4-7-20-14/h3,5-6,10-11,17H,4,7-9H2,1-2H3. The van der Waals surface area contributed by atoms with Gasteiger partial charge in [-0.1, -0.05) is 12.1 Å². The molecule has 1 aromatic carbocycles. The molecule has 1 aliphatic rings. The van der Waals surface area contributed by atoms with Crippen molar-refractivity contribution >= 4 is 11.5 Å². The molecule has 0 saturated heterocycles. The number of methoxy groups -OCH3 is 1. The zero-order valence-corrected chi connectivity index (χ0v) is 13.6. The Balaban J connectivity index is 1.71. The molecular weight excluding hydrogens is 300 g/mol. The van der Waals surface area contributed by atoms with Crippen LogP contribution < -0.4 is 19.5 Å². The van der Waals surface area contributed by atoms with E-state index in [4.69, 9.17) is 14.2 Å². The van der Waals surface area contributed by atoms with Gasteiger partial charge in [-0.05, 0) is 24.5 Å². The predicted molar refractivity (Wildman–Crippen MR) is 86.0 cm³/mol. The number of hydrogen-bond donors (Lipinski definition) is 1. The Kier molecular flexibility index (Phi) is 4.80. The second-order valence-corrected chi connectivity index (χ2v) is 5.81. The first-order valence-corrected chi connectivity index (χ1v) is 8.22. The molecule has 1 aromatic heterocycles. The molecule has 0 bridgehead atoms. The van der Waals surface area contributed by atoms with Gasteiger partial charge in [-0.3, -0.25) is 0 Å². The zero-order chi connectivity index (χ0) is 15.4. The summed E-state index contributed by atoms with van der Waals surface area (Å²) in [4.78, 5) is 0. The summed E-state index contributed by atoms with van der Waals surface area (Å²) in [5, 5.41) is 5.51. The molecule has 118 valence electrons. The van der Waals surface area contributed by atoms with E-state index in [1.165, 1.54) is 11.5 Å². The highest BCUT2D eigenvalue weighted by molar-refractivity contribution is 7.03. The van der Waals surface area contributed by atoms with Crippen LogP contribution in [0.4, 0.5) is 0 Å². The summed E-state index contributed by atoms with van der Waals surface area (Å²) >= 11 is 1.41. The quantitative estimate of drug-likeness (QED) is 0.917. The second-order valence-electron chi connectivity index (χ2n) is 5.18. The summed E-state index contributed by atoms with van der Waals surface area (Å²) in [6.07, 6.45) is 0.912. The van der Waals surface area contributed by atoms with Gasteiger partial charge >= 0.3 is 0 Å². The molecule has 5 nitrogen and oxygen atoms in total. The van der Waals surface area contributed by atoms with Gasteiger partial charge in [0.2, 0.25) is 5.88 Å². The third kappa shape index (κ3) is 3.18. The summed E-state index contributed by atoms with van der Waals surface area (Å²) in [6.45, 7) is 4.21. The fourth-order valence-corrected chi connectivity index (χ4v) is 3.19.